The van der Waals surface area contributed by atoms with Crippen LogP contribution in [-0.2, 0) is 11.3 Å². The zero-order valence-electron chi connectivity index (χ0n) is 12.7. The fourth-order valence-electron chi connectivity index (χ4n) is 2.34. The van der Waals surface area contributed by atoms with Crippen LogP contribution in [0.3, 0.4) is 0 Å². The van der Waals surface area contributed by atoms with E-state index in [2.05, 4.69) is 9.88 Å². The average molecular weight is 300 g/mol. The van der Waals surface area contributed by atoms with E-state index in [1.165, 1.54) is 0 Å². The number of ether oxygens (including phenoxy) is 3. The summed E-state index contributed by atoms with van der Waals surface area (Å²) in [7, 11) is 1.66. The maximum atomic E-state index is 5.86. The summed E-state index contributed by atoms with van der Waals surface area (Å²) in [6.45, 7) is 3.76. The van der Waals surface area contributed by atoms with Gasteiger partial charge >= 0.3 is 0 Å². The minimum atomic E-state index is 0.524. The first-order valence-corrected chi connectivity index (χ1v) is 7.39. The maximum absolute atomic E-state index is 5.86. The van der Waals surface area contributed by atoms with Crippen molar-refractivity contribution in [2.24, 2.45) is 0 Å². The molecule has 0 N–H and O–H groups in total. The van der Waals surface area contributed by atoms with Crippen molar-refractivity contribution in [3.05, 3.63) is 48.2 Å². The smallest absolute Gasteiger partial charge is 0.132 e. The molecule has 5 nitrogen and oxygen atoms in total. The van der Waals surface area contributed by atoms with Crippen LogP contribution in [0.4, 0.5) is 5.82 Å². The van der Waals surface area contributed by atoms with E-state index in [-0.39, 0.29) is 0 Å². The summed E-state index contributed by atoms with van der Waals surface area (Å²) in [5, 5.41) is 0. The van der Waals surface area contributed by atoms with Gasteiger partial charge in [-0.25, -0.2) is 4.98 Å². The van der Waals surface area contributed by atoms with Crippen LogP contribution in [0.5, 0.6) is 11.5 Å². The van der Waals surface area contributed by atoms with Crippen molar-refractivity contribution in [3.8, 4) is 11.5 Å². The first kappa shape index (κ1) is 14.7. The van der Waals surface area contributed by atoms with Gasteiger partial charge in [0.15, 0.2) is 0 Å². The fourth-order valence-corrected chi connectivity index (χ4v) is 2.34. The lowest BCUT2D eigenvalue weighted by molar-refractivity contribution is 0.122. The Labute approximate surface area is 130 Å². The lowest BCUT2D eigenvalue weighted by Gasteiger charge is -2.27. The SMILES string of the molecule is COc1ccc(COc2ccnc(N3CCOCC3)c2)cc1. The zero-order valence-corrected chi connectivity index (χ0v) is 12.7. The van der Waals surface area contributed by atoms with Gasteiger partial charge in [-0.1, -0.05) is 12.1 Å². The predicted octanol–water partition coefficient (Wildman–Crippen LogP) is 2.51. The molecule has 5 heteroatoms. The van der Waals surface area contributed by atoms with E-state index in [0.29, 0.717) is 6.61 Å². The van der Waals surface area contributed by atoms with Gasteiger partial charge in [0.1, 0.15) is 23.9 Å². The Morgan fingerprint density at radius 3 is 2.59 bits per heavy atom. The Hall–Kier alpha value is -2.27. The Morgan fingerprint density at radius 1 is 1.09 bits per heavy atom. The van der Waals surface area contributed by atoms with E-state index in [0.717, 1.165) is 49.2 Å². The van der Waals surface area contributed by atoms with Crippen molar-refractivity contribution in [1.82, 2.24) is 4.98 Å². The Bertz CT molecular complexity index is 595. The highest BCUT2D eigenvalue weighted by Crippen LogP contribution is 2.20. The predicted molar refractivity (Wildman–Crippen MR) is 84.6 cm³/mol. The van der Waals surface area contributed by atoms with Crippen LogP contribution in [0, 0.1) is 0 Å². The van der Waals surface area contributed by atoms with E-state index in [4.69, 9.17) is 14.2 Å². The Balaban J connectivity index is 1.62. The molecule has 0 saturated carbocycles. The highest BCUT2D eigenvalue weighted by molar-refractivity contribution is 5.44. The van der Waals surface area contributed by atoms with E-state index in [9.17, 15) is 0 Å². The second-order valence-corrected chi connectivity index (χ2v) is 5.09. The zero-order chi connectivity index (χ0) is 15.2. The quantitative estimate of drug-likeness (QED) is 0.849. The third-order valence-electron chi connectivity index (χ3n) is 3.62. The summed E-state index contributed by atoms with van der Waals surface area (Å²) in [4.78, 5) is 6.63. The number of anilines is 1. The normalized spacial score (nSPS) is 14.7. The van der Waals surface area contributed by atoms with Crippen molar-refractivity contribution in [1.29, 1.82) is 0 Å². The molecule has 0 spiro atoms. The molecule has 0 amide bonds. The van der Waals surface area contributed by atoms with Crippen LogP contribution in [0.1, 0.15) is 5.56 Å². The molecule has 0 unspecified atom stereocenters. The summed E-state index contributed by atoms with van der Waals surface area (Å²) < 4.78 is 16.4. The van der Waals surface area contributed by atoms with E-state index in [1.807, 2.05) is 36.4 Å². The van der Waals surface area contributed by atoms with Crippen LogP contribution < -0.4 is 14.4 Å². The minimum Gasteiger partial charge on any atom is -0.497 e. The summed E-state index contributed by atoms with van der Waals surface area (Å²) in [6.07, 6.45) is 1.79. The highest BCUT2D eigenvalue weighted by Gasteiger charge is 2.12. The van der Waals surface area contributed by atoms with Crippen molar-refractivity contribution < 1.29 is 14.2 Å². The lowest BCUT2D eigenvalue weighted by atomic mass is 10.2. The summed E-state index contributed by atoms with van der Waals surface area (Å²) in [5.74, 6) is 2.62. The van der Waals surface area contributed by atoms with Crippen molar-refractivity contribution >= 4 is 5.82 Å². The number of benzene rings is 1. The topological polar surface area (TPSA) is 43.8 Å². The molecule has 3 rings (SSSR count). The fraction of sp³-hybridized carbons (Fsp3) is 0.353. The van der Waals surface area contributed by atoms with Crippen LogP contribution in [0.15, 0.2) is 42.6 Å². The highest BCUT2D eigenvalue weighted by atomic mass is 16.5. The molecule has 0 atom stereocenters. The molecule has 1 aromatic carbocycles. The molecular weight excluding hydrogens is 280 g/mol. The molecule has 116 valence electrons. The number of hydrogen-bond acceptors (Lipinski definition) is 5. The molecular formula is C17H20N2O3. The van der Waals surface area contributed by atoms with Gasteiger partial charge in [0.25, 0.3) is 0 Å². The molecule has 22 heavy (non-hydrogen) atoms. The number of methoxy groups -OCH3 is 1. The molecule has 1 aromatic heterocycles. The number of pyridine rings is 1. The second kappa shape index (κ2) is 7.13. The molecule has 2 heterocycles. The van der Waals surface area contributed by atoms with Gasteiger partial charge in [0.2, 0.25) is 0 Å². The number of aromatic nitrogens is 1. The number of nitrogens with zero attached hydrogens (tertiary/aromatic N) is 2. The molecule has 1 saturated heterocycles. The van der Waals surface area contributed by atoms with E-state index < -0.39 is 0 Å². The number of rotatable bonds is 5. The molecule has 0 bridgehead atoms. The molecule has 1 aliphatic rings. The van der Waals surface area contributed by atoms with Crippen molar-refractivity contribution in [2.45, 2.75) is 6.61 Å². The van der Waals surface area contributed by atoms with Gasteiger partial charge in [-0.15, -0.1) is 0 Å². The first-order chi connectivity index (χ1) is 10.8. The van der Waals surface area contributed by atoms with Gasteiger partial charge in [-0.05, 0) is 23.8 Å². The van der Waals surface area contributed by atoms with Gasteiger partial charge in [-0.2, -0.15) is 0 Å². The number of hydrogen-bond donors (Lipinski definition) is 0. The van der Waals surface area contributed by atoms with Crippen LogP contribution in [0.2, 0.25) is 0 Å². The van der Waals surface area contributed by atoms with Crippen LogP contribution in [0.25, 0.3) is 0 Å². The van der Waals surface area contributed by atoms with Crippen LogP contribution >= 0.6 is 0 Å². The molecule has 0 aliphatic carbocycles. The summed E-state index contributed by atoms with van der Waals surface area (Å²) in [5.41, 5.74) is 1.10. The van der Waals surface area contributed by atoms with Crippen LogP contribution in [-0.4, -0.2) is 38.4 Å². The molecule has 0 radical (unpaired) electrons. The van der Waals surface area contributed by atoms with Gasteiger partial charge < -0.3 is 19.1 Å². The standard InChI is InChI=1S/C17H20N2O3/c1-20-15-4-2-14(3-5-15)13-22-16-6-7-18-17(12-16)19-8-10-21-11-9-19/h2-7,12H,8-11,13H2,1H3. The lowest BCUT2D eigenvalue weighted by Crippen LogP contribution is -2.36. The first-order valence-electron chi connectivity index (χ1n) is 7.39. The maximum Gasteiger partial charge on any atom is 0.132 e. The van der Waals surface area contributed by atoms with E-state index in [1.54, 1.807) is 13.3 Å². The molecule has 1 fully saturated rings. The van der Waals surface area contributed by atoms with Gasteiger partial charge in [0.05, 0.1) is 20.3 Å². The third kappa shape index (κ3) is 3.68. The average Bonchev–Trinajstić information content (AvgIpc) is 2.61. The third-order valence-corrected chi connectivity index (χ3v) is 3.62. The molecule has 1 aliphatic heterocycles. The van der Waals surface area contributed by atoms with Crippen molar-refractivity contribution in [3.63, 3.8) is 0 Å². The number of morpholine rings is 1. The molecule has 2 aromatic rings. The largest absolute Gasteiger partial charge is 0.497 e. The summed E-state index contributed by atoms with van der Waals surface area (Å²) >= 11 is 0. The minimum absolute atomic E-state index is 0.524. The Morgan fingerprint density at radius 2 is 1.86 bits per heavy atom. The van der Waals surface area contributed by atoms with Crippen molar-refractivity contribution in [2.75, 3.05) is 38.3 Å². The van der Waals surface area contributed by atoms with Gasteiger partial charge in [-0.3, -0.25) is 0 Å². The monoisotopic (exact) mass is 300 g/mol. The van der Waals surface area contributed by atoms with Gasteiger partial charge in [0, 0.05) is 25.4 Å². The van der Waals surface area contributed by atoms with E-state index >= 15 is 0 Å². The summed E-state index contributed by atoms with van der Waals surface area (Å²) in [6, 6.07) is 11.7. The Kier molecular flexibility index (Phi) is 4.75. The second-order valence-electron chi connectivity index (χ2n) is 5.09.